The molecule has 2 aromatic heterocycles. The number of aliphatic hydroxyl groups is 1. The van der Waals surface area contributed by atoms with Gasteiger partial charge >= 0.3 is 11.9 Å². The number of aliphatic hydroxyl groups excluding tert-OH is 1. The van der Waals surface area contributed by atoms with Crippen LogP contribution in [-0.4, -0.2) is 24.4 Å². The Morgan fingerprint density at radius 3 is 2.34 bits per heavy atom. The highest BCUT2D eigenvalue weighted by Crippen LogP contribution is 2.30. The molecule has 0 bridgehead atoms. The van der Waals surface area contributed by atoms with E-state index >= 15 is 0 Å². The number of halogens is 3. The van der Waals surface area contributed by atoms with Crippen molar-refractivity contribution in [1.82, 2.24) is 19.3 Å². The lowest BCUT2D eigenvalue weighted by atomic mass is 10.0. The SMILES string of the molecule is CCc1c(CC)n(C)c(=O)n(Cc2nc(C[C@H](O)c3ccc(C(F)(F)F)cc3)no2)c1=O. The van der Waals surface area contributed by atoms with Crippen LogP contribution in [0, 0.1) is 0 Å². The normalized spacial score (nSPS) is 12.8. The number of benzene rings is 1. The quantitative estimate of drug-likeness (QED) is 0.591. The van der Waals surface area contributed by atoms with Crippen LogP contribution >= 0.6 is 0 Å². The van der Waals surface area contributed by atoms with Gasteiger partial charge in [0.15, 0.2) is 5.82 Å². The van der Waals surface area contributed by atoms with E-state index in [1.54, 1.807) is 7.05 Å². The van der Waals surface area contributed by atoms with Crippen LogP contribution in [0.5, 0.6) is 0 Å². The van der Waals surface area contributed by atoms with E-state index in [4.69, 9.17) is 4.52 Å². The largest absolute Gasteiger partial charge is 0.416 e. The van der Waals surface area contributed by atoms with Crippen LogP contribution in [0.3, 0.4) is 0 Å². The summed E-state index contributed by atoms with van der Waals surface area (Å²) in [6.45, 7) is 3.47. The molecule has 32 heavy (non-hydrogen) atoms. The molecule has 8 nitrogen and oxygen atoms in total. The first-order valence-corrected chi connectivity index (χ1v) is 10.0. The van der Waals surface area contributed by atoms with Gasteiger partial charge in [0, 0.05) is 24.7 Å². The molecular formula is C21H23F3N4O4. The standard InChI is InChI=1S/C21H23F3N4O4/c1-4-14-15(5-2)27(3)20(31)28(19(14)30)11-18-25-17(26-32-18)10-16(29)12-6-8-13(9-7-12)21(22,23)24/h6-9,16,29H,4-5,10-11H2,1-3H3/t16-/m0/s1. The number of alkyl halides is 3. The molecule has 11 heteroatoms. The molecule has 0 aliphatic heterocycles. The van der Waals surface area contributed by atoms with Crippen molar-refractivity contribution in [3.8, 4) is 0 Å². The van der Waals surface area contributed by atoms with Crippen molar-refractivity contribution < 1.29 is 22.8 Å². The first kappa shape index (κ1) is 23.5. The molecule has 172 valence electrons. The lowest BCUT2D eigenvalue weighted by Gasteiger charge is -2.13. The summed E-state index contributed by atoms with van der Waals surface area (Å²) in [5.74, 6) is 0.100. The van der Waals surface area contributed by atoms with E-state index < -0.39 is 29.1 Å². The molecule has 0 radical (unpaired) electrons. The molecular weight excluding hydrogens is 429 g/mol. The van der Waals surface area contributed by atoms with Crippen molar-refractivity contribution in [1.29, 1.82) is 0 Å². The molecule has 3 aromatic rings. The highest BCUT2D eigenvalue weighted by Gasteiger charge is 2.30. The Morgan fingerprint density at radius 2 is 1.78 bits per heavy atom. The monoisotopic (exact) mass is 452 g/mol. The summed E-state index contributed by atoms with van der Waals surface area (Å²) in [7, 11) is 1.59. The predicted molar refractivity (Wildman–Crippen MR) is 108 cm³/mol. The van der Waals surface area contributed by atoms with Crippen molar-refractivity contribution in [2.24, 2.45) is 7.05 Å². The second-order valence-corrected chi connectivity index (χ2v) is 7.31. The van der Waals surface area contributed by atoms with Crippen LogP contribution in [0.4, 0.5) is 13.2 Å². The minimum atomic E-state index is -4.46. The van der Waals surface area contributed by atoms with Crippen molar-refractivity contribution >= 4 is 0 Å². The number of rotatable bonds is 7. The predicted octanol–water partition coefficient (Wildman–Crippen LogP) is 2.40. The average molecular weight is 452 g/mol. The molecule has 0 unspecified atom stereocenters. The van der Waals surface area contributed by atoms with Crippen LogP contribution in [-0.2, 0) is 39.0 Å². The molecule has 1 N–H and O–H groups in total. The average Bonchev–Trinajstić information content (AvgIpc) is 3.19. The topological polar surface area (TPSA) is 103 Å². The molecule has 2 heterocycles. The Morgan fingerprint density at radius 1 is 1.12 bits per heavy atom. The second-order valence-electron chi connectivity index (χ2n) is 7.31. The van der Waals surface area contributed by atoms with Crippen LogP contribution in [0.1, 0.15) is 54.1 Å². The van der Waals surface area contributed by atoms with Crippen molar-refractivity contribution in [3.63, 3.8) is 0 Å². The number of hydrogen-bond donors (Lipinski definition) is 1. The lowest BCUT2D eigenvalue weighted by Crippen LogP contribution is -2.42. The smallest absolute Gasteiger partial charge is 0.388 e. The highest BCUT2D eigenvalue weighted by atomic mass is 19.4. The summed E-state index contributed by atoms with van der Waals surface area (Å²) < 4.78 is 45.6. The Hall–Kier alpha value is -3.21. The summed E-state index contributed by atoms with van der Waals surface area (Å²) in [4.78, 5) is 29.5. The fraction of sp³-hybridized carbons (Fsp3) is 0.429. The van der Waals surface area contributed by atoms with Gasteiger partial charge in [-0.2, -0.15) is 18.2 Å². The van der Waals surface area contributed by atoms with E-state index in [1.807, 2.05) is 13.8 Å². The molecule has 0 amide bonds. The summed E-state index contributed by atoms with van der Waals surface area (Å²) >= 11 is 0. The first-order valence-electron chi connectivity index (χ1n) is 10.0. The zero-order valence-electron chi connectivity index (χ0n) is 17.8. The van der Waals surface area contributed by atoms with Crippen LogP contribution in [0.25, 0.3) is 0 Å². The van der Waals surface area contributed by atoms with E-state index in [0.29, 0.717) is 24.1 Å². The van der Waals surface area contributed by atoms with Gasteiger partial charge in [-0.3, -0.25) is 9.36 Å². The molecule has 3 rings (SSSR count). The molecule has 0 aliphatic rings. The molecule has 1 atom stereocenters. The highest BCUT2D eigenvalue weighted by molar-refractivity contribution is 5.26. The van der Waals surface area contributed by atoms with Gasteiger partial charge in [-0.25, -0.2) is 4.79 Å². The molecule has 0 fully saturated rings. The summed E-state index contributed by atoms with van der Waals surface area (Å²) in [5, 5.41) is 14.0. The Kier molecular flexibility index (Phi) is 6.68. The van der Waals surface area contributed by atoms with E-state index in [-0.39, 0.29) is 30.2 Å². The molecule has 0 aliphatic carbocycles. The van der Waals surface area contributed by atoms with E-state index in [9.17, 15) is 27.9 Å². The Balaban J connectivity index is 1.79. The van der Waals surface area contributed by atoms with E-state index in [0.717, 1.165) is 16.7 Å². The fourth-order valence-corrected chi connectivity index (χ4v) is 3.58. The lowest BCUT2D eigenvalue weighted by molar-refractivity contribution is -0.137. The molecule has 0 spiro atoms. The zero-order valence-corrected chi connectivity index (χ0v) is 17.8. The van der Waals surface area contributed by atoms with Gasteiger partial charge in [0.25, 0.3) is 5.56 Å². The van der Waals surface area contributed by atoms with Crippen LogP contribution < -0.4 is 11.2 Å². The van der Waals surface area contributed by atoms with Gasteiger partial charge in [0.2, 0.25) is 5.89 Å². The van der Waals surface area contributed by atoms with Gasteiger partial charge in [-0.15, -0.1) is 0 Å². The van der Waals surface area contributed by atoms with Crippen molar-refractivity contribution in [2.75, 3.05) is 0 Å². The third kappa shape index (κ3) is 4.67. The summed E-state index contributed by atoms with van der Waals surface area (Å²) in [6.07, 6.45) is -4.73. The maximum Gasteiger partial charge on any atom is 0.416 e. The van der Waals surface area contributed by atoms with Crippen molar-refractivity contribution in [2.45, 2.75) is 51.9 Å². The second kappa shape index (κ2) is 9.11. The Bertz CT molecular complexity index is 1210. The van der Waals surface area contributed by atoms with Crippen LogP contribution in [0.2, 0.25) is 0 Å². The maximum atomic E-state index is 12.8. The summed E-state index contributed by atoms with van der Waals surface area (Å²) in [6, 6.07) is 4.12. The molecule has 1 aromatic carbocycles. The molecule has 0 saturated carbocycles. The Labute approximate surface area is 180 Å². The first-order chi connectivity index (χ1) is 15.1. The van der Waals surface area contributed by atoms with Gasteiger partial charge in [-0.05, 0) is 30.5 Å². The van der Waals surface area contributed by atoms with Crippen molar-refractivity contribution in [3.05, 3.63) is 79.2 Å². The van der Waals surface area contributed by atoms with Crippen LogP contribution in [0.15, 0.2) is 38.4 Å². The van der Waals surface area contributed by atoms with Gasteiger partial charge in [-0.1, -0.05) is 31.1 Å². The van der Waals surface area contributed by atoms with E-state index in [1.165, 1.54) is 16.7 Å². The van der Waals surface area contributed by atoms with Gasteiger partial charge in [0.1, 0.15) is 6.54 Å². The number of aromatic nitrogens is 4. The minimum Gasteiger partial charge on any atom is -0.388 e. The summed E-state index contributed by atoms with van der Waals surface area (Å²) in [5.41, 5.74) is -0.276. The van der Waals surface area contributed by atoms with Gasteiger partial charge in [0.05, 0.1) is 11.7 Å². The molecule has 0 saturated heterocycles. The zero-order chi connectivity index (χ0) is 23.6. The fourth-order valence-electron chi connectivity index (χ4n) is 3.58. The van der Waals surface area contributed by atoms with E-state index in [2.05, 4.69) is 10.1 Å². The van der Waals surface area contributed by atoms with Gasteiger partial charge < -0.3 is 14.2 Å². The number of nitrogens with zero attached hydrogens (tertiary/aromatic N) is 4. The third-order valence-corrected chi connectivity index (χ3v) is 5.27. The number of hydrogen-bond acceptors (Lipinski definition) is 6. The minimum absolute atomic E-state index is 0.00474. The maximum absolute atomic E-state index is 12.8. The third-order valence-electron chi connectivity index (χ3n) is 5.27.